The lowest BCUT2D eigenvalue weighted by Gasteiger charge is -2.20. The molecule has 0 unspecified atom stereocenters. The van der Waals surface area contributed by atoms with E-state index in [4.69, 9.17) is 41.4 Å². The molecule has 26 rings (SSSR count). The van der Waals surface area contributed by atoms with Crippen molar-refractivity contribution in [3.8, 4) is 111 Å². The van der Waals surface area contributed by atoms with Crippen molar-refractivity contribution in [1.29, 1.82) is 0 Å². The molecule has 0 aliphatic heterocycles. The first-order chi connectivity index (χ1) is 79.9. The van der Waals surface area contributed by atoms with Crippen LogP contribution in [0.15, 0.2) is 501 Å². The number of furan rings is 1. The molecular weight excluding hydrogens is 1550 g/mol. The maximum absolute atomic E-state index is 9.48. The molecule has 0 saturated heterocycles. The molecule has 0 atom stereocenters. The Labute approximate surface area is 801 Å². The second-order valence-electron chi connectivity index (χ2n) is 30.8. The minimum atomic E-state index is -0.777. The summed E-state index contributed by atoms with van der Waals surface area (Å²) < 4.78 is 343. The normalized spacial score (nSPS) is 15.7. The summed E-state index contributed by atoms with van der Waals surface area (Å²) in [6, 6.07) is 62.2. The Morgan fingerprint density at radius 1 is 0.147 bits per heavy atom. The van der Waals surface area contributed by atoms with E-state index in [1.54, 1.807) is 97.1 Å². The molecule has 0 aliphatic rings. The standard InChI is InChI=1S/C44H28O.C44H28.C40H26/c1-3-14-29(15-4-1)31-18-13-19-32(28-31)33-26-27-40-43(38-24-11-12-25-39(38)45-40)44(33)42-36-22-9-7-20-34(36)41(30-16-5-2-6-17-30)35-21-8-10-23-37(35)42;1-2-14-31-28-32(27-26-29(31)12-1)34-21-10-23-36-35(34)22-11-25-38(36)44-41-19-7-5-17-39(41)43(40-18-6-8-20-42(40)44)37-24-9-15-30-13-3-4-16-33(30)37;1-2-14-28(15-3-1)39-35-18-6-8-20-37(35)40(38-21-9-7-19-36(38)39)34-26-12-24-32-31(23-11-25-33(32)34)30-22-10-16-27-13-4-5-17-29(27)30/h1-28H;1-28H;1-26H/i;1D,2D,3D,4D,9D,10D,11D,12D,13D,14D,15D,16D,21D,22D,23D,24D,25D,26D,27D,28D;1D,2D,3D,4D,5D,10D,11D,12D,13D,14D,15D,16D,17D,22D,23D,24D,25D,26D. The van der Waals surface area contributed by atoms with Crippen molar-refractivity contribution in [2.45, 2.75) is 0 Å². The van der Waals surface area contributed by atoms with Gasteiger partial charge in [-0.05, 0) is 248 Å². The SMILES string of the molecule is [2H]c1c([2H])c([2H])c(-c2c3ccccc3c(-c3c([2H])c([2H])c([2H])c4c(-c5c([2H])c([2H])c([2H])c6c([2H])c([2H])c([2H])c([2H])c56)c([2H])c([2H])c([2H])c34)c3ccccc23)c([2H])c1[2H].[2H]c1c([2H])c([2H])c2c([2H])c(-c3c([2H])c([2H])c([2H])c4c(-c5c6ccccc6c(-c6c([2H])c([2H])c([2H])c7c([2H])c([2H])c([2H])c([2H])c67)c6ccccc56)c([2H])c([2H])c([2H])c34)c([2H])c([2H])c2c1[2H].c1ccc(-c2cccc(-c3ccc4oc5ccccc5c4c3-c3c4ccccc4c(-c4ccccc4)c4ccccc34)c2)cc1. The van der Waals surface area contributed by atoms with Crippen LogP contribution in [0, 0.1) is 0 Å². The lowest BCUT2D eigenvalue weighted by Crippen LogP contribution is -1.93. The van der Waals surface area contributed by atoms with Crippen LogP contribution in [0.3, 0.4) is 0 Å². The molecule has 600 valence electrons. The Bertz CT molecular complexity index is 11200. The van der Waals surface area contributed by atoms with Gasteiger partial charge in [0.15, 0.2) is 0 Å². The summed E-state index contributed by atoms with van der Waals surface area (Å²) in [6.07, 6.45) is 0. The molecule has 0 N–H and O–H groups in total. The fourth-order valence-corrected chi connectivity index (χ4v) is 18.4. The minimum Gasteiger partial charge on any atom is -0.456 e. The zero-order valence-electron chi connectivity index (χ0n) is 106. The van der Waals surface area contributed by atoms with Crippen LogP contribution in [-0.2, 0) is 0 Å². The fourth-order valence-electron chi connectivity index (χ4n) is 18.4. The van der Waals surface area contributed by atoms with Gasteiger partial charge >= 0.3 is 0 Å². The quantitative estimate of drug-likeness (QED) is 0.124. The number of hydrogen-bond donors (Lipinski definition) is 0. The Kier molecular flexibility index (Phi) is 11.6. The van der Waals surface area contributed by atoms with Gasteiger partial charge in [0.05, 0.1) is 52.1 Å². The number of hydrogen-bond acceptors (Lipinski definition) is 1. The summed E-state index contributed by atoms with van der Waals surface area (Å²) in [7, 11) is 0. The predicted octanol–water partition coefficient (Wildman–Crippen LogP) is 36.3. The van der Waals surface area contributed by atoms with Crippen LogP contribution in [0.25, 0.3) is 252 Å². The summed E-state index contributed by atoms with van der Waals surface area (Å²) in [6.45, 7) is 0. The average molecular weight is 1670 g/mol. The molecular formula is C128H82O. The van der Waals surface area contributed by atoms with E-state index in [0.717, 1.165) is 21.9 Å². The summed E-state index contributed by atoms with van der Waals surface area (Å²) in [5.74, 6) is 0. The highest BCUT2D eigenvalue weighted by atomic mass is 16.3. The molecule has 0 bridgehead atoms. The van der Waals surface area contributed by atoms with E-state index in [1.165, 1.54) is 66.1 Å². The van der Waals surface area contributed by atoms with Crippen LogP contribution in [0.4, 0.5) is 0 Å². The molecule has 129 heavy (non-hydrogen) atoms. The smallest absolute Gasteiger partial charge is 0.136 e. The van der Waals surface area contributed by atoms with Crippen LogP contribution in [0.2, 0.25) is 0 Å². The Morgan fingerprint density at radius 2 is 0.488 bits per heavy atom. The van der Waals surface area contributed by atoms with Gasteiger partial charge in [0.2, 0.25) is 0 Å². The molecule has 26 aromatic rings. The zero-order valence-corrected chi connectivity index (χ0v) is 67.8. The van der Waals surface area contributed by atoms with Gasteiger partial charge in [-0.3, -0.25) is 0 Å². The van der Waals surface area contributed by atoms with Gasteiger partial charge < -0.3 is 4.42 Å². The van der Waals surface area contributed by atoms with Crippen molar-refractivity contribution >= 4 is 140 Å². The van der Waals surface area contributed by atoms with Crippen LogP contribution in [0.1, 0.15) is 52.1 Å². The van der Waals surface area contributed by atoms with Gasteiger partial charge in [0, 0.05) is 16.3 Å². The molecule has 1 aromatic heterocycles. The first-order valence-electron chi connectivity index (χ1n) is 60.5. The zero-order chi connectivity index (χ0) is 118. The third-order valence-electron chi connectivity index (χ3n) is 23.8. The van der Waals surface area contributed by atoms with E-state index >= 15 is 0 Å². The number of para-hydroxylation sites is 1. The molecule has 0 spiro atoms. The van der Waals surface area contributed by atoms with Gasteiger partial charge in [-0.1, -0.05) is 472 Å². The first kappa shape index (κ1) is 46.2. The van der Waals surface area contributed by atoms with E-state index in [9.17, 15) is 15.1 Å². The van der Waals surface area contributed by atoms with Gasteiger partial charge in [0.1, 0.15) is 11.2 Å². The van der Waals surface area contributed by atoms with Crippen molar-refractivity contribution in [2.75, 3.05) is 0 Å². The molecule has 1 nitrogen and oxygen atoms in total. The molecule has 0 fully saturated rings. The van der Waals surface area contributed by atoms with Crippen LogP contribution >= 0.6 is 0 Å². The molecule has 0 amide bonds. The number of benzene rings is 25. The largest absolute Gasteiger partial charge is 0.456 e. The lowest BCUT2D eigenvalue weighted by molar-refractivity contribution is 0.669. The molecule has 0 radical (unpaired) electrons. The summed E-state index contributed by atoms with van der Waals surface area (Å²) >= 11 is 0. The summed E-state index contributed by atoms with van der Waals surface area (Å²) in [5, 5.41) is 6.26. The molecule has 1 heteroatoms. The third kappa shape index (κ3) is 13.2. The van der Waals surface area contributed by atoms with E-state index < -0.39 is 279 Å². The van der Waals surface area contributed by atoms with Gasteiger partial charge in [-0.25, -0.2) is 0 Å². The van der Waals surface area contributed by atoms with E-state index in [1.807, 2.05) is 6.07 Å². The Hall–Kier alpha value is -16.8. The molecule has 1 heterocycles. The molecule has 25 aromatic carbocycles. The van der Waals surface area contributed by atoms with Crippen LogP contribution < -0.4 is 0 Å². The Balaban J connectivity index is 0.000000131. The van der Waals surface area contributed by atoms with Crippen LogP contribution in [-0.4, -0.2) is 0 Å². The second-order valence-corrected chi connectivity index (χ2v) is 30.8. The second kappa shape index (κ2) is 32.4. The highest BCUT2D eigenvalue weighted by Gasteiger charge is 2.27. The molecule has 0 saturated carbocycles. The number of rotatable bonds is 10. The van der Waals surface area contributed by atoms with Gasteiger partial charge in [-0.15, -0.1) is 0 Å². The van der Waals surface area contributed by atoms with E-state index in [2.05, 4.69) is 164 Å². The van der Waals surface area contributed by atoms with E-state index in [-0.39, 0.29) is 82.2 Å². The highest BCUT2D eigenvalue weighted by Crippen LogP contribution is 2.54. The molecule has 0 aliphatic carbocycles. The first-order valence-corrected chi connectivity index (χ1v) is 41.5. The monoisotopic (exact) mass is 1670 g/mol. The van der Waals surface area contributed by atoms with Gasteiger partial charge in [-0.2, -0.15) is 0 Å². The summed E-state index contributed by atoms with van der Waals surface area (Å²) in [4.78, 5) is 0. The fraction of sp³-hybridized carbons (Fsp3) is 0. The minimum absolute atomic E-state index is 0.0808. The van der Waals surface area contributed by atoms with Crippen molar-refractivity contribution in [3.05, 3.63) is 497 Å². The highest BCUT2D eigenvalue weighted by molar-refractivity contribution is 6.30. The Morgan fingerprint density at radius 3 is 1.01 bits per heavy atom. The third-order valence-corrected chi connectivity index (χ3v) is 23.8. The summed E-state index contributed by atoms with van der Waals surface area (Å²) in [5.41, 5.74) is 9.88. The van der Waals surface area contributed by atoms with E-state index in [0.29, 0.717) is 32.3 Å². The van der Waals surface area contributed by atoms with Crippen molar-refractivity contribution < 1.29 is 56.5 Å². The predicted molar refractivity (Wildman–Crippen MR) is 554 cm³/mol. The topological polar surface area (TPSA) is 13.1 Å². The maximum Gasteiger partial charge on any atom is 0.136 e. The lowest BCUT2D eigenvalue weighted by atomic mass is 9.82. The number of fused-ring (bicyclic) bond motifs is 14. The van der Waals surface area contributed by atoms with Gasteiger partial charge in [0.25, 0.3) is 0 Å². The van der Waals surface area contributed by atoms with Crippen molar-refractivity contribution in [2.24, 2.45) is 0 Å². The van der Waals surface area contributed by atoms with Crippen molar-refractivity contribution in [3.63, 3.8) is 0 Å². The van der Waals surface area contributed by atoms with Crippen molar-refractivity contribution in [1.82, 2.24) is 0 Å². The van der Waals surface area contributed by atoms with Crippen LogP contribution in [0.5, 0.6) is 0 Å². The maximum atomic E-state index is 9.48. The average Bonchev–Trinajstić information content (AvgIpc) is 1.63.